The van der Waals surface area contributed by atoms with Crippen molar-refractivity contribution in [2.24, 2.45) is 5.41 Å². The Bertz CT molecular complexity index is 480. The van der Waals surface area contributed by atoms with Crippen molar-refractivity contribution in [3.63, 3.8) is 0 Å². The summed E-state index contributed by atoms with van der Waals surface area (Å²) in [6, 6.07) is 8.97. The molecule has 2 N–H and O–H groups in total. The number of hydrogen-bond donors (Lipinski definition) is 2. The van der Waals surface area contributed by atoms with Gasteiger partial charge in [0.15, 0.2) is 6.61 Å². The van der Waals surface area contributed by atoms with Crippen LogP contribution in [0.2, 0.25) is 0 Å². The Balaban J connectivity index is 2.60. The number of nitrogens with one attached hydrogen (secondary N) is 1. The van der Waals surface area contributed by atoms with Gasteiger partial charge in [0.1, 0.15) is 5.75 Å². The van der Waals surface area contributed by atoms with Gasteiger partial charge in [-0.2, -0.15) is 0 Å². The van der Waals surface area contributed by atoms with Crippen molar-refractivity contribution in [2.45, 2.75) is 33.2 Å². The Labute approximate surface area is 118 Å². The first-order valence-electron chi connectivity index (χ1n) is 6.39. The molecule has 1 aromatic rings. The standard InChI is InChI=1S/C15H21NO4/c1-14(2,13(18)19)15(3,4)16-12(17)10-20-11-8-6-5-7-9-11/h5-9H,10H2,1-4H3,(H,16,17)(H,18,19). The van der Waals surface area contributed by atoms with Crippen LogP contribution in [0.15, 0.2) is 30.3 Å². The molecular weight excluding hydrogens is 258 g/mol. The fraction of sp³-hybridized carbons (Fsp3) is 0.467. The van der Waals surface area contributed by atoms with Crippen molar-refractivity contribution in [3.05, 3.63) is 30.3 Å². The maximum Gasteiger partial charge on any atom is 0.311 e. The van der Waals surface area contributed by atoms with Crippen LogP contribution in [0.25, 0.3) is 0 Å². The largest absolute Gasteiger partial charge is 0.484 e. The van der Waals surface area contributed by atoms with E-state index < -0.39 is 16.9 Å². The fourth-order valence-electron chi connectivity index (χ4n) is 1.47. The number of ether oxygens (including phenoxy) is 1. The van der Waals surface area contributed by atoms with Crippen molar-refractivity contribution in [1.82, 2.24) is 5.32 Å². The molecule has 0 saturated heterocycles. The Morgan fingerprint density at radius 3 is 2.20 bits per heavy atom. The third-order valence-corrected chi connectivity index (χ3v) is 3.66. The lowest BCUT2D eigenvalue weighted by molar-refractivity contribution is -0.152. The molecule has 5 nitrogen and oxygen atoms in total. The van der Waals surface area contributed by atoms with Crippen molar-refractivity contribution in [1.29, 1.82) is 0 Å². The number of benzene rings is 1. The Kier molecular flexibility index (Phi) is 4.76. The summed E-state index contributed by atoms with van der Waals surface area (Å²) in [6.07, 6.45) is 0. The molecule has 0 unspecified atom stereocenters. The van der Waals surface area contributed by atoms with Crippen LogP contribution in [0.3, 0.4) is 0 Å². The Morgan fingerprint density at radius 1 is 1.15 bits per heavy atom. The monoisotopic (exact) mass is 279 g/mol. The van der Waals surface area contributed by atoms with E-state index in [1.165, 1.54) is 0 Å². The van der Waals surface area contributed by atoms with E-state index in [9.17, 15) is 14.7 Å². The lowest BCUT2D eigenvalue weighted by Gasteiger charge is -2.38. The predicted octanol–water partition coefficient (Wildman–Crippen LogP) is 2.07. The first-order chi connectivity index (χ1) is 9.17. The van der Waals surface area contributed by atoms with E-state index in [1.807, 2.05) is 18.2 Å². The number of amides is 1. The van der Waals surface area contributed by atoms with E-state index in [0.29, 0.717) is 5.75 Å². The number of aliphatic carboxylic acids is 1. The highest BCUT2D eigenvalue weighted by Gasteiger charge is 2.44. The van der Waals surface area contributed by atoms with E-state index in [0.717, 1.165) is 0 Å². The van der Waals surface area contributed by atoms with Crippen LogP contribution in [0.4, 0.5) is 0 Å². The van der Waals surface area contributed by atoms with E-state index >= 15 is 0 Å². The summed E-state index contributed by atoms with van der Waals surface area (Å²) in [6.45, 7) is 6.37. The second-order valence-corrected chi connectivity index (χ2v) is 5.71. The highest BCUT2D eigenvalue weighted by atomic mass is 16.5. The average molecular weight is 279 g/mol. The summed E-state index contributed by atoms with van der Waals surface area (Å²) in [5.74, 6) is -0.724. The van der Waals surface area contributed by atoms with E-state index in [4.69, 9.17) is 4.74 Å². The summed E-state index contributed by atoms with van der Waals surface area (Å²) in [7, 11) is 0. The zero-order chi connectivity index (χ0) is 15.4. The van der Waals surface area contributed by atoms with Gasteiger partial charge in [-0.25, -0.2) is 0 Å². The van der Waals surface area contributed by atoms with Crippen molar-refractivity contribution in [3.8, 4) is 5.75 Å². The smallest absolute Gasteiger partial charge is 0.311 e. The second-order valence-electron chi connectivity index (χ2n) is 5.71. The van der Waals surface area contributed by atoms with Crippen molar-refractivity contribution < 1.29 is 19.4 Å². The molecule has 0 aromatic heterocycles. The minimum atomic E-state index is -1.09. The lowest BCUT2D eigenvalue weighted by Crippen LogP contribution is -2.57. The number of para-hydroxylation sites is 1. The summed E-state index contributed by atoms with van der Waals surface area (Å²) in [5.41, 5.74) is -1.98. The number of carbonyl (C=O) groups excluding carboxylic acids is 1. The number of carboxylic acids is 1. The van der Waals surface area contributed by atoms with Crippen LogP contribution < -0.4 is 10.1 Å². The molecule has 0 heterocycles. The summed E-state index contributed by atoms with van der Waals surface area (Å²) < 4.78 is 5.33. The van der Waals surface area contributed by atoms with Crippen molar-refractivity contribution >= 4 is 11.9 Å². The van der Waals surface area contributed by atoms with Crippen LogP contribution in [-0.4, -0.2) is 29.1 Å². The van der Waals surface area contributed by atoms with E-state index in [2.05, 4.69) is 5.32 Å². The van der Waals surface area contributed by atoms with Gasteiger partial charge in [-0.15, -0.1) is 0 Å². The number of hydrogen-bond acceptors (Lipinski definition) is 3. The van der Waals surface area contributed by atoms with Crippen LogP contribution in [-0.2, 0) is 9.59 Å². The van der Waals surface area contributed by atoms with Gasteiger partial charge in [0.2, 0.25) is 0 Å². The van der Waals surface area contributed by atoms with Crippen molar-refractivity contribution in [2.75, 3.05) is 6.61 Å². The molecule has 110 valence electrons. The van der Waals surface area contributed by atoms with Gasteiger partial charge in [-0.1, -0.05) is 18.2 Å². The minimum Gasteiger partial charge on any atom is -0.484 e. The zero-order valence-corrected chi connectivity index (χ0v) is 12.3. The van der Waals surface area contributed by atoms with Crippen LogP contribution in [0.1, 0.15) is 27.7 Å². The Morgan fingerprint density at radius 2 is 1.70 bits per heavy atom. The highest BCUT2D eigenvalue weighted by Crippen LogP contribution is 2.30. The third kappa shape index (κ3) is 3.73. The maximum absolute atomic E-state index is 11.9. The minimum absolute atomic E-state index is 0.150. The van der Waals surface area contributed by atoms with Crippen LogP contribution in [0, 0.1) is 5.41 Å². The predicted molar refractivity (Wildman–Crippen MR) is 75.6 cm³/mol. The molecular formula is C15H21NO4. The highest BCUT2D eigenvalue weighted by molar-refractivity contribution is 5.81. The molecule has 0 aliphatic carbocycles. The molecule has 1 aromatic carbocycles. The molecule has 0 spiro atoms. The molecule has 0 aliphatic rings. The van der Waals surface area contributed by atoms with Crippen LogP contribution >= 0.6 is 0 Å². The SMILES string of the molecule is CC(C)(NC(=O)COc1ccccc1)C(C)(C)C(=O)O. The molecule has 0 bridgehead atoms. The van der Waals surface area contributed by atoms with Gasteiger partial charge < -0.3 is 15.2 Å². The molecule has 0 saturated carbocycles. The van der Waals surface area contributed by atoms with Gasteiger partial charge >= 0.3 is 5.97 Å². The normalized spacial score (nSPS) is 11.8. The Hall–Kier alpha value is -2.04. The fourth-order valence-corrected chi connectivity index (χ4v) is 1.47. The molecule has 1 rings (SSSR count). The van der Waals surface area contributed by atoms with E-state index in [-0.39, 0.29) is 12.5 Å². The molecule has 0 fully saturated rings. The summed E-state index contributed by atoms with van der Waals surface area (Å²) in [4.78, 5) is 23.1. The molecule has 5 heteroatoms. The average Bonchev–Trinajstić information content (AvgIpc) is 2.36. The zero-order valence-electron chi connectivity index (χ0n) is 12.3. The van der Waals surface area contributed by atoms with Gasteiger partial charge in [0, 0.05) is 0 Å². The molecule has 0 aliphatic heterocycles. The maximum atomic E-state index is 11.9. The first kappa shape index (κ1) is 16.0. The van der Waals surface area contributed by atoms with Gasteiger partial charge in [0.05, 0.1) is 11.0 Å². The van der Waals surface area contributed by atoms with Gasteiger partial charge in [0.25, 0.3) is 5.91 Å². The lowest BCUT2D eigenvalue weighted by atomic mass is 9.74. The number of carbonyl (C=O) groups is 2. The third-order valence-electron chi connectivity index (χ3n) is 3.66. The number of rotatable bonds is 6. The number of carboxylic acid groups (broad SMARTS) is 1. The van der Waals surface area contributed by atoms with Crippen LogP contribution in [0.5, 0.6) is 5.75 Å². The first-order valence-corrected chi connectivity index (χ1v) is 6.39. The second kappa shape index (κ2) is 5.94. The summed E-state index contributed by atoms with van der Waals surface area (Å²) in [5, 5.41) is 11.9. The molecule has 0 radical (unpaired) electrons. The quantitative estimate of drug-likeness (QED) is 0.836. The molecule has 0 atom stereocenters. The van der Waals surface area contributed by atoms with Gasteiger partial charge in [-0.3, -0.25) is 9.59 Å². The summed E-state index contributed by atoms with van der Waals surface area (Å²) >= 11 is 0. The van der Waals surface area contributed by atoms with E-state index in [1.54, 1.807) is 39.8 Å². The topological polar surface area (TPSA) is 75.6 Å². The van der Waals surface area contributed by atoms with Gasteiger partial charge in [-0.05, 0) is 39.8 Å². The molecule has 1 amide bonds. The molecule has 20 heavy (non-hydrogen) atoms.